The summed E-state index contributed by atoms with van der Waals surface area (Å²) in [6, 6.07) is 9.80. The van der Waals surface area contributed by atoms with Crippen LogP contribution in [0.15, 0.2) is 40.9 Å². The molecule has 0 atom stereocenters. The van der Waals surface area contributed by atoms with Crippen molar-refractivity contribution in [3.8, 4) is 11.5 Å². The van der Waals surface area contributed by atoms with Crippen LogP contribution in [0.2, 0.25) is 0 Å². The molecule has 0 aliphatic heterocycles. The molecule has 0 heterocycles. The number of methoxy groups -OCH3 is 1. The van der Waals surface area contributed by atoms with Crippen molar-refractivity contribution in [3.05, 3.63) is 52.3 Å². The van der Waals surface area contributed by atoms with Gasteiger partial charge in [0.05, 0.1) is 7.11 Å². The monoisotopic (exact) mass is 325 g/mol. The Labute approximate surface area is 119 Å². The average Bonchev–Trinajstić information content (AvgIpc) is 2.40. The highest BCUT2D eigenvalue weighted by Gasteiger charge is 2.05. The second-order valence-corrected chi connectivity index (χ2v) is 4.89. The third-order valence-electron chi connectivity index (χ3n) is 2.68. The summed E-state index contributed by atoms with van der Waals surface area (Å²) in [5.74, 6) is -0.0218. The van der Waals surface area contributed by atoms with E-state index in [2.05, 4.69) is 21.2 Å². The lowest BCUT2D eigenvalue weighted by Crippen LogP contribution is -2.00. The summed E-state index contributed by atoms with van der Waals surface area (Å²) in [4.78, 5) is 0. The normalized spacial score (nSPS) is 10.3. The van der Waals surface area contributed by atoms with Crippen molar-refractivity contribution in [2.24, 2.45) is 0 Å². The summed E-state index contributed by atoms with van der Waals surface area (Å²) >= 11 is 3.34. The van der Waals surface area contributed by atoms with Gasteiger partial charge in [-0.2, -0.15) is 0 Å². The van der Waals surface area contributed by atoms with Gasteiger partial charge in [-0.25, -0.2) is 4.39 Å². The van der Waals surface area contributed by atoms with E-state index in [9.17, 15) is 9.50 Å². The van der Waals surface area contributed by atoms with Gasteiger partial charge < -0.3 is 15.2 Å². The fourth-order valence-electron chi connectivity index (χ4n) is 1.67. The van der Waals surface area contributed by atoms with Crippen molar-refractivity contribution in [2.75, 3.05) is 12.4 Å². The molecule has 100 valence electrons. The van der Waals surface area contributed by atoms with E-state index in [0.717, 1.165) is 10.0 Å². The van der Waals surface area contributed by atoms with Gasteiger partial charge in [-0.3, -0.25) is 0 Å². The van der Waals surface area contributed by atoms with Crippen LogP contribution in [0.5, 0.6) is 11.5 Å². The SMILES string of the molecule is COc1ccc(NCc2cc(Br)ccc2O)cc1F. The molecule has 0 aliphatic carbocycles. The zero-order valence-electron chi connectivity index (χ0n) is 10.3. The minimum absolute atomic E-state index is 0.199. The quantitative estimate of drug-likeness (QED) is 0.895. The molecule has 5 heteroatoms. The third kappa shape index (κ3) is 3.38. The Balaban J connectivity index is 2.10. The molecule has 2 N–H and O–H groups in total. The number of rotatable bonds is 4. The minimum Gasteiger partial charge on any atom is -0.508 e. The number of benzene rings is 2. The highest BCUT2D eigenvalue weighted by atomic mass is 79.9. The predicted octanol–water partition coefficient (Wildman–Crippen LogP) is 3.91. The first-order chi connectivity index (χ1) is 9.10. The van der Waals surface area contributed by atoms with Crippen molar-refractivity contribution < 1.29 is 14.2 Å². The van der Waals surface area contributed by atoms with Crippen LogP contribution in [0.3, 0.4) is 0 Å². The lowest BCUT2D eigenvalue weighted by atomic mass is 10.2. The van der Waals surface area contributed by atoms with Crippen LogP contribution in [0.1, 0.15) is 5.56 Å². The zero-order chi connectivity index (χ0) is 13.8. The molecule has 3 nitrogen and oxygen atoms in total. The summed E-state index contributed by atoms with van der Waals surface area (Å²) in [6.45, 7) is 0.400. The fraction of sp³-hybridized carbons (Fsp3) is 0.143. The van der Waals surface area contributed by atoms with Crippen molar-refractivity contribution in [1.29, 1.82) is 0 Å². The Hall–Kier alpha value is -1.75. The Kier molecular flexibility index (Phi) is 4.27. The summed E-state index contributed by atoms with van der Waals surface area (Å²) in [5.41, 5.74) is 1.35. The van der Waals surface area contributed by atoms with Gasteiger partial charge in [0, 0.05) is 28.3 Å². The van der Waals surface area contributed by atoms with E-state index in [0.29, 0.717) is 12.2 Å². The summed E-state index contributed by atoms with van der Waals surface area (Å²) in [6.07, 6.45) is 0. The first-order valence-corrected chi connectivity index (χ1v) is 6.44. The summed E-state index contributed by atoms with van der Waals surface area (Å²) in [5, 5.41) is 12.7. The van der Waals surface area contributed by atoms with Crippen LogP contribution in [-0.2, 0) is 6.54 Å². The number of anilines is 1. The molecule has 0 saturated carbocycles. The molecular weight excluding hydrogens is 313 g/mol. The number of phenolic OH excluding ortho intramolecular Hbond substituents is 1. The Morgan fingerprint density at radius 3 is 2.74 bits per heavy atom. The second-order valence-electron chi connectivity index (χ2n) is 3.98. The van der Waals surface area contributed by atoms with Crippen molar-refractivity contribution in [2.45, 2.75) is 6.54 Å². The summed E-state index contributed by atoms with van der Waals surface area (Å²) < 4.78 is 19.2. The van der Waals surface area contributed by atoms with E-state index >= 15 is 0 Å². The molecule has 19 heavy (non-hydrogen) atoms. The Bertz CT molecular complexity index is 590. The van der Waals surface area contributed by atoms with Gasteiger partial charge in [0.2, 0.25) is 0 Å². The van der Waals surface area contributed by atoms with Gasteiger partial charge in [0.1, 0.15) is 5.75 Å². The lowest BCUT2D eigenvalue weighted by molar-refractivity contribution is 0.386. The van der Waals surface area contributed by atoms with Gasteiger partial charge in [-0.15, -0.1) is 0 Å². The molecule has 0 amide bonds. The molecule has 0 fully saturated rings. The van der Waals surface area contributed by atoms with E-state index in [4.69, 9.17) is 4.74 Å². The van der Waals surface area contributed by atoms with E-state index in [1.807, 2.05) is 6.07 Å². The van der Waals surface area contributed by atoms with E-state index in [-0.39, 0.29) is 11.5 Å². The van der Waals surface area contributed by atoms with Gasteiger partial charge in [0.15, 0.2) is 11.6 Å². The highest BCUT2D eigenvalue weighted by molar-refractivity contribution is 9.10. The average molecular weight is 326 g/mol. The zero-order valence-corrected chi connectivity index (χ0v) is 11.9. The van der Waals surface area contributed by atoms with Crippen molar-refractivity contribution >= 4 is 21.6 Å². The molecule has 0 spiro atoms. The number of nitrogens with one attached hydrogen (secondary N) is 1. The molecule has 0 aromatic heterocycles. The van der Waals surface area contributed by atoms with Gasteiger partial charge in [0.25, 0.3) is 0 Å². The molecule has 0 aliphatic rings. The number of hydrogen-bond donors (Lipinski definition) is 2. The van der Waals surface area contributed by atoms with Crippen molar-refractivity contribution in [3.63, 3.8) is 0 Å². The van der Waals surface area contributed by atoms with Crippen LogP contribution >= 0.6 is 15.9 Å². The van der Waals surface area contributed by atoms with Crippen LogP contribution in [-0.4, -0.2) is 12.2 Å². The topological polar surface area (TPSA) is 41.5 Å². The standard InChI is InChI=1S/C14H13BrFNO2/c1-19-14-5-3-11(7-12(14)16)17-8-9-6-10(15)2-4-13(9)18/h2-7,17-18H,8H2,1H3. The molecule has 2 aromatic carbocycles. The second kappa shape index (κ2) is 5.93. The molecular formula is C14H13BrFNO2. The first-order valence-electron chi connectivity index (χ1n) is 5.65. The largest absolute Gasteiger partial charge is 0.508 e. The molecule has 0 unspecified atom stereocenters. The minimum atomic E-state index is -0.425. The highest BCUT2D eigenvalue weighted by Crippen LogP contribution is 2.24. The van der Waals surface area contributed by atoms with Gasteiger partial charge in [-0.05, 0) is 30.3 Å². The Morgan fingerprint density at radius 2 is 2.05 bits per heavy atom. The lowest BCUT2D eigenvalue weighted by Gasteiger charge is -2.10. The Morgan fingerprint density at radius 1 is 1.26 bits per heavy atom. The maximum Gasteiger partial charge on any atom is 0.167 e. The predicted molar refractivity (Wildman–Crippen MR) is 76.1 cm³/mol. The van der Waals surface area contributed by atoms with Crippen LogP contribution < -0.4 is 10.1 Å². The number of hydrogen-bond acceptors (Lipinski definition) is 3. The number of ether oxygens (including phenoxy) is 1. The molecule has 0 saturated heterocycles. The van der Waals surface area contributed by atoms with Gasteiger partial charge in [-0.1, -0.05) is 15.9 Å². The number of halogens is 2. The molecule has 0 bridgehead atoms. The molecule has 2 rings (SSSR count). The van der Waals surface area contributed by atoms with Crippen molar-refractivity contribution in [1.82, 2.24) is 0 Å². The summed E-state index contributed by atoms with van der Waals surface area (Å²) in [7, 11) is 1.42. The first kappa shape index (κ1) is 13.7. The maximum atomic E-state index is 13.5. The number of aromatic hydroxyl groups is 1. The van der Waals surface area contributed by atoms with E-state index in [1.165, 1.54) is 13.2 Å². The molecule has 0 radical (unpaired) electrons. The van der Waals surface area contributed by atoms with E-state index in [1.54, 1.807) is 24.3 Å². The third-order valence-corrected chi connectivity index (χ3v) is 3.17. The van der Waals surface area contributed by atoms with E-state index < -0.39 is 5.82 Å². The smallest absolute Gasteiger partial charge is 0.167 e. The van der Waals surface area contributed by atoms with Gasteiger partial charge >= 0.3 is 0 Å². The maximum absolute atomic E-state index is 13.5. The van der Waals surface area contributed by atoms with Crippen LogP contribution in [0.25, 0.3) is 0 Å². The fourth-order valence-corrected chi connectivity index (χ4v) is 2.08. The number of phenols is 1. The van der Waals surface area contributed by atoms with Crippen LogP contribution in [0, 0.1) is 5.82 Å². The van der Waals surface area contributed by atoms with Crippen LogP contribution in [0.4, 0.5) is 10.1 Å². The molecule has 2 aromatic rings.